The molecule has 2 rings (SSSR count). The quantitative estimate of drug-likeness (QED) is 0.818. The van der Waals surface area contributed by atoms with Gasteiger partial charge in [0.25, 0.3) is 0 Å². The zero-order valence-corrected chi connectivity index (χ0v) is 8.45. The van der Waals surface area contributed by atoms with Crippen LogP contribution in [0.25, 0.3) is 0 Å². The number of aliphatic hydroxyl groups excluding tert-OH is 1. The fraction of sp³-hybridized carbons (Fsp3) is 0.250. The highest BCUT2D eigenvalue weighted by atomic mass is 16.3. The smallest absolute Gasteiger partial charge is 0.0949 e. The Labute approximate surface area is 89.0 Å². The molecule has 1 N–H and O–H groups in total. The Hall–Kier alpha value is -1.61. The molecule has 0 aliphatic rings. The van der Waals surface area contributed by atoms with Crippen molar-refractivity contribution in [2.24, 2.45) is 0 Å². The molecular formula is C12H14N2O. The third-order valence-corrected chi connectivity index (χ3v) is 2.47. The molecule has 0 aliphatic carbocycles. The second kappa shape index (κ2) is 4.75. The van der Waals surface area contributed by atoms with Gasteiger partial charge in [0, 0.05) is 12.4 Å². The van der Waals surface area contributed by atoms with Gasteiger partial charge in [0.05, 0.1) is 19.0 Å². The molecule has 0 fully saturated rings. The number of benzene rings is 1. The van der Waals surface area contributed by atoms with Crippen molar-refractivity contribution in [3.63, 3.8) is 0 Å². The number of hydrogen-bond donors (Lipinski definition) is 1. The summed E-state index contributed by atoms with van der Waals surface area (Å²) in [6.07, 6.45) is 6.18. The van der Waals surface area contributed by atoms with E-state index in [0.717, 1.165) is 6.42 Å². The highest BCUT2D eigenvalue weighted by Crippen LogP contribution is 2.13. The Morgan fingerprint density at radius 3 is 2.67 bits per heavy atom. The summed E-state index contributed by atoms with van der Waals surface area (Å²) in [5.74, 6) is 0. The number of aliphatic hydroxyl groups is 1. The monoisotopic (exact) mass is 202 g/mol. The Morgan fingerprint density at radius 2 is 2.07 bits per heavy atom. The maximum atomic E-state index is 9.31. The average Bonchev–Trinajstić information content (AvgIpc) is 2.81. The first kappa shape index (κ1) is 9.93. The van der Waals surface area contributed by atoms with E-state index < -0.39 is 0 Å². The minimum absolute atomic E-state index is 0.0786. The molecule has 15 heavy (non-hydrogen) atoms. The summed E-state index contributed by atoms with van der Waals surface area (Å²) in [5.41, 5.74) is 1.23. The third-order valence-electron chi connectivity index (χ3n) is 2.47. The fourth-order valence-electron chi connectivity index (χ4n) is 1.64. The number of aromatic nitrogens is 2. The Kier molecular flexibility index (Phi) is 3.15. The molecule has 0 bridgehead atoms. The Bertz CT molecular complexity index is 383. The summed E-state index contributed by atoms with van der Waals surface area (Å²) in [6, 6.07) is 10.2. The lowest BCUT2D eigenvalue weighted by Gasteiger charge is -2.15. The van der Waals surface area contributed by atoms with Gasteiger partial charge in [-0.05, 0) is 12.0 Å². The Balaban J connectivity index is 2.10. The first-order chi connectivity index (χ1) is 7.40. The zero-order chi connectivity index (χ0) is 10.5. The molecule has 1 unspecified atom stereocenters. The minimum Gasteiger partial charge on any atom is -0.394 e. The van der Waals surface area contributed by atoms with E-state index in [1.807, 2.05) is 29.0 Å². The molecule has 1 heterocycles. The lowest BCUT2D eigenvalue weighted by atomic mass is 10.1. The van der Waals surface area contributed by atoms with Crippen LogP contribution in [0.2, 0.25) is 0 Å². The van der Waals surface area contributed by atoms with Crippen molar-refractivity contribution >= 4 is 0 Å². The second-order valence-corrected chi connectivity index (χ2v) is 3.54. The maximum absolute atomic E-state index is 9.31. The minimum atomic E-state index is 0.0786. The number of nitrogens with zero attached hydrogens (tertiary/aromatic N) is 2. The molecule has 0 amide bonds. The average molecular weight is 202 g/mol. The van der Waals surface area contributed by atoms with Crippen LogP contribution in [0.5, 0.6) is 0 Å². The van der Waals surface area contributed by atoms with Crippen LogP contribution in [0.1, 0.15) is 11.6 Å². The van der Waals surface area contributed by atoms with Crippen LogP contribution < -0.4 is 0 Å². The van der Waals surface area contributed by atoms with Gasteiger partial charge in [-0.25, -0.2) is 4.98 Å². The third kappa shape index (κ3) is 2.44. The summed E-state index contributed by atoms with van der Waals surface area (Å²) in [5, 5.41) is 9.31. The van der Waals surface area contributed by atoms with Crippen molar-refractivity contribution < 1.29 is 5.11 Å². The second-order valence-electron chi connectivity index (χ2n) is 3.54. The van der Waals surface area contributed by atoms with Crippen molar-refractivity contribution in [1.29, 1.82) is 0 Å². The molecule has 0 saturated heterocycles. The van der Waals surface area contributed by atoms with Gasteiger partial charge in [-0.1, -0.05) is 30.3 Å². The van der Waals surface area contributed by atoms with Crippen LogP contribution in [0.4, 0.5) is 0 Å². The molecule has 3 nitrogen and oxygen atoms in total. The van der Waals surface area contributed by atoms with E-state index in [4.69, 9.17) is 0 Å². The highest BCUT2D eigenvalue weighted by molar-refractivity contribution is 5.15. The van der Waals surface area contributed by atoms with Gasteiger partial charge in [0.2, 0.25) is 0 Å². The van der Waals surface area contributed by atoms with Crippen LogP contribution in [-0.2, 0) is 6.42 Å². The van der Waals surface area contributed by atoms with E-state index in [1.54, 1.807) is 12.5 Å². The van der Waals surface area contributed by atoms with Crippen molar-refractivity contribution in [2.75, 3.05) is 6.61 Å². The van der Waals surface area contributed by atoms with E-state index >= 15 is 0 Å². The van der Waals surface area contributed by atoms with E-state index in [0.29, 0.717) is 0 Å². The van der Waals surface area contributed by atoms with Gasteiger partial charge in [0.15, 0.2) is 0 Å². The predicted octanol–water partition coefficient (Wildman–Crippen LogP) is 1.66. The SMILES string of the molecule is OCC(Cc1ccccc1)n1ccnc1. The van der Waals surface area contributed by atoms with Crippen LogP contribution in [0.15, 0.2) is 49.1 Å². The van der Waals surface area contributed by atoms with E-state index in [2.05, 4.69) is 17.1 Å². The molecule has 1 aromatic heterocycles. The van der Waals surface area contributed by atoms with E-state index in [1.165, 1.54) is 5.56 Å². The molecule has 1 aromatic carbocycles. The standard InChI is InChI=1S/C12H14N2O/c15-9-12(14-7-6-13-10-14)8-11-4-2-1-3-5-11/h1-7,10,12,15H,8-9H2. The van der Waals surface area contributed by atoms with Crippen molar-refractivity contribution in [3.05, 3.63) is 54.6 Å². The molecule has 78 valence electrons. The molecular weight excluding hydrogens is 188 g/mol. The molecule has 0 spiro atoms. The summed E-state index contributed by atoms with van der Waals surface area (Å²) < 4.78 is 1.94. The van der Waals surface area contributed by atoms with Gasteiger partial charge in [-0.2, -0.15) is 0 Å². The van der Waals surface area contributed by atoms with Gasteiger partial charge in [-0.3, -0.25) is 0 Å². The fourth-order valence-corrected chi connectivity index (χ4v) is 1.64. The highest BCUT2D eigenvalue weighted by Gasteiger charge is 2.09. The summed E-state index contributed by atoms with van der Waals surface area (Å²) in [7, 11) is 0. The maximum Gasteiger partial charge on any atom is 0.0949 e. The van der Waals surface area contributed by atoms with E-state index in [-0.39, 0.29) is 12.6 Å². The first-order valence-electron chi connectivity index (χ1n) is 5.02. The molecule has 0 saturated carbocycles. The lowest BCUT2D eigenvalue weighted by molar-refractivity contribution is 0.227. The van der Waals surface area contributed by atoms with Crippen LogP contribution in [-0.4, -0.2) is 21.3 Å². The first-order valence-corrected chi connectivity index (χ1v) is 5.02. The van der Waals surface area contributed by atoms with Crippen molar-refractivity contribution in [2.45, 2.75) is 12.5 Å². The van der Waals surface area contributed by atoms with Crippen LogP contribution in [0.3, 0.4) is 0 Å². The van der Waals surface area contributed by atoms with Gasteiger partial charge >= 0.3 is 0 Å². The largest absolute Gasteiger partial charge is 0.394 e. The predicted molar refractivity (Wildman–Crippen MR) is 58.5 cm³/mol. The molecule has 3 heteroatoms. The van der Waals surface area contributed by atoms with Crippen LogP contribution in [0, 0.1) is 0 Å². The number of rotatable bonds is 4. The normalized spacial score (nSPS) is 12.6. The van der Waals surface area contributed by atoms with Gasteiger partial charge in [-0.15, -0.1) is 0 Å². The Morgan fingerprint density at radius 1 is 1.27 bits per heavy atom. The number of imidazole rings is 1. The number of hydrogen-bond acceptors (Lipinski definition) is 2. The molecule has 0 radical (unpaired) electrons. The molecule has 0 aliphatic heterocycles. The van der Waals surface area contributed by atoms with Crippen LogP contribution >= 0.6 is 0 Å². The summed E-state index contributed by atoms with van der Waals surface area (Å²) in [6.45, 7) is 0.130. The summed E-state index contributed by atoms with van der Waals surface area (Å²) in [4.78, 5) is 3.98. The van der Waals surface area contributed by atoms with E-state index in [9.17, 15) is 5.11 Å². The topological polar surface area (TPSA) is 38.0 Å². The molecule has 1 atom stereocenters. The van der Waals surface area contributed by atoms with Gasteiger partial charge in [0.1, 0.15) is 0 Å². The molecule has 2 aromatic rings. The lowest BCUT2D eigenvalue weighted by Crippen LogP contribution is -2.14. The zero-order valence-electron chi connectivity index (χ0n) is 8.45. The van der Waals surface area contributed by atoms with Gasteiger partial charge < -0.3 is 9.67 Å². The van der Waals surface area contributed by atoms with Crippen molar-refractivity contribution in [1.82, 2.24) is 9.55 Å². The van der Waals surface area contributed by atoms with Crippen molar-refractivity contribution in [3.8, 4) is 0 Å². The summed E-state index contributed by atoms with van der Waals surface area (Å²) >= 11 is 0.